The second-order valence-corrected chi connectivity index (χ2v) is 3.87. The van der Waals surface area contributed by atoms with Crippen molar-refractivity contribution in [2.24, 2.45) is 17.8 Å². The van der Waals surface area contributed by atoms with Gasteiger partial charge in [0.15, 0.2) is 0 Å². The fourth-order valence-electron chi connectivity index (χ4n) is 1.38. The van der Waals surface area contributed by atoms with E-state index < -0.39 is 0 Å². The molecule has 62 valence electrons. The second-order valence-electron chi connectivity index (χ2n) is 3.87. The summed E-state index contributed by atoms with van der Waals surface area (Å²) in [5, 5.41) is 0. The predicted octanol–water partition coefficient (Wildman–Crippen LogP) is 3.71. The van der Waals surface area contributed by atoms with Gasteiger partial charge in [-0.3, -0.25) is 0 Å². The lowest BCUT2D eigenvalue weighted by atomic mass is 9.84. The molecule has 0 fully saturated rings. The molecule has 0 nitrogen and oxygen atoms in total. The minimum atomic E-state index is 0.849. The van der Waals surface area contributed by atoms with Gasteiger partial charge >= 0.3 is 0 Å². The molecule has 0 aromatic rings. The zero-order chi connectivity index (χ0) is 8.15. The first-order chi connectivity index (χ1) is 4.59. The Kier molecular flexibility index (Phi) is 4.76. The van der Waals surface area contributed by atoms with Crippen LogP contribution in [-0.4, -0.2) is 0 Å². The van der Waals surface area contributed by atoms with Crippen molar-refractivity contribution in [1.82, 2.24) is 0 Å². The maximum absolute atomic E-state index is 2.37. The van der Waals surface area contributed by atoms with E-state index >= 15 is 0 Å². The van der Waals surface area contributed by atoms with Crippen LogP contribution in [0.1, 0.15) is 47.5 Å². The van der Waals surface area contributed by atoms with Crippen LogP contribution in [0, 0.1) is 17.8 Å². The monoisotopic (exact) mass is 142 g/mol. The molecular weight excluding hydrogens is 120 g/mol. The van der Waals surface area contributed by atoms with Crippen LogP contribution < -0.4 is 0 Å². The Hall–Kier alpha value is 0. The lowest BCUT2D eigenvalue weighted by molar-refractivity contribution is 0.280. The van der Waals surface area contributed by atoms with Gasteiger partial charge in [-0.05, 0) is 17.8 Å². The summed E-state index contributed by atoms with van der Waals surface area (Å²) in [6, 6.07) is 0. The van der Waals surface area contributed by atoms with Gasteiger partial charge in [0.1, 0.15) is 0 Å². The van der Waals surface area contributed by atoms with Crippen molar-refractivity contribution in [1.29, 1.82) is 0 Å². The highest BCUT2D eigenvalue weighted by Crippen LogP contribution is 2.23. The van der Waals surface area contributed by atoms with Crippen molar-refractivity contribution < 1.29 is 0 Å². The van der Waals surface area contributed by atoms with Gasteiger partial charge in [-0.2, -0.15) is 0 Å². The first kappa shape index (κ1) is 10.0. The molecular formula is C10H22. The first-order valence-electron chi connectivity index (χ1n) is 4.59. The van der Waals surface area contributed by atoms with E-state index in [0.29, 0.717) is 0 Å². The SMILES string of the molecule is CCC[C@H](C)[C@H](C)C(C)C. The highest BCUT2D eigenvalue weighted by Gasteiger charge is 2.13. The summed E-state index contributed by atoms with van der Waals surface area (Å²) < 4.78 is 0. The van der Waals surface area contributed by atoms with Crippen molar-refractivity contribution in [3.63, 3.8) is 0 Å². The minimum Gasteiger partial charge on any atom is -0.0654 e. The fourth-order valence-corrected chi connectivity index (χ4v) is 1.38. The summed E-state index contributed by atoms with van der Waals surface area (Å²) in [6.07, 6.45) is 2.72. The third-order valence-electron chi connectivity index (χ3n) is 2.69. The molecule has 0 saturated heterocycles. The molecule has 0 aliphatic heterocycles. The van der Waals surface area contributed by atoms with Crippen LogP contribution >= 0.6 is 0 Å². The second kappa shape index (κ2) is 4.76. The maximum Gasteiger partial charge on any atom is -0.0394 e. The standard InChI is InChI=1S/C10H22/c1-6-7-9(4)10(5)8(2)3/h8-10H,6-7H2,1-5H3/t9-,10+/m0/s1. The summed E-state index contributed by atoms with van der Waals surface area (Å²) >= 11 is 0. The molecule has 0 aliphatic rings. The molecule has 0 unspecified atom stereocenters. The Labute approximate surface area is 66.0 Å². The van der Waals surface area contributed by atoms with Gasteiger partial charge in [0.05, 0.1) is 0 Å². The number of rotatable bonds is 4. The molecule has 0 saturated carbocycles. The first-order valence-corrected chi connectivity index (χ1v) is 4.59. The van der Waals surface area contributed by atoms with E-state index in [2.05, 4.69) is 34.6 Å². The van der Waals surface area contributed by atoms with E-state index in [0.717, 1.165) is 17.8 Å². The molecule has 0 aliphatic carbocycles. The Morgan fingerprint density at radius 3 is 1.80 bits per heavy atom. The number of hydrogen-bond acceptors (Lipinski definition) is 0. The third kappa shape index (κ3) is 3.24. The highest BCUT2D eigenvalue weighted by molar-refractivity contribution is 4.64. The molecule has 0 spiro atoms. The molecule has 0 rings (SSSR count). The van der Waals surface area contributed by atoms with Gasteiger partial charge in [-0.25, -0.2) is 0 Å². The van der Waals surface area contributed by atoms with E-state index in [1.807, 2.05) is 0 Å². The van der Waals surface area contributed by atoms with Crippen molar-refractivity contribution in [2.45, 2.75) is 47.5 Å². The smallest absolute Gasteiger partial charge is 0.0394 e. The van der Waals surface area contributed by atoms with Gasteiger partial charge in [0.2, 0.25) is 0 Å². The average Bonchev–Trinajstić information content (AvgIpc) is 1.87. The van der Waals surface area contributed by atoms with E-state index in [1.54, 1.807) is 0 Å². The molecule has 10 heavy (non-hydrogen) atoms. The summed E-state index contributed by atoms with van der Waals surface area (Å²) in [7, 11) is 0. The predicted molar refractivity (Wildman–Crippen MR) is 48.1 cm³/mol. The van der Waals surface area contributed by atoms with Crippen molar-refractivity contribution >= 4 is 0 Å². The minimum absolute atomic E-state index is 0.849. The zero-order valence-electron chi connectivity index (χ0n) is 8.15. The van der Waals surface area contributed by atoms with E-state index in [4.69, 9.17) is 0 Å². The van der Waals surface area contributed by atoms with Crippen LogP contribution in [-0.2, 0) is 0 Å². The van der Waals surface area contributed by atoms with Gasteiger partial charge in [0, 0.05) is 0 Å². The van der Waals surface area contributed by atoms with Gasteiger partial charge in [-0.1, -0.05) is 47.5 Å². The van der Waals surface area contributed by atoms with Crippen molar-refractivity contribution in [3.8, 4) is 0 Å². The molecule has 0 bridgehead atoms. The van der Waals surface area contributed by atoms with Gasteiger partial charge < -0.3 is 0 Å². The molecule has 0 amide bonds. The summed E-state index contributed by atoms with van der Waals surface area (Å²) in [5.41, 5.74) is 0. The largest absolute Gasteiger partial charge is 0.0654 e. The Morgan fingerprint density at radius 2 is 1.50 bits per heavy atom. The molecule has 0 radical (unpaired) electrons. The zero-order valence-corrected chi connectivity index (χ0v) is 8.15. The van der Waals surface area contributed by atoms with Gasteiger partial charge in [0.25, 0.3) is 0 Å². The molecule has 0 heterocycles. The van der Waals surface area contributed by atoms with Crippen LogP contribution in [0.25, 0.3) is 0 Å². The summed E-state index contributed by atoms with van der Waals surface area (Å²) in [4.78, 5) is 0. The summed E-state index contributed by atoms with van der Waals surface area (Å²) in [5.74, 6) is 2.64. The van der Waals surface area contributed by atoms with E-state index in [9.17, 15) is 0 Å². The Bertz CT molecular complexity index is 74.1. The van der Waals surface area contributed by atoms with Crippen LogP contribution in [0.15, 0.2) is 0 Å². The van der Waals surface area contributed by atoms with Crippen LogP contribution in [0.3, 0.4) is 0 Å². The maximum atomic E-state index is 2.37. The van der Waals surface area contributed by atoms with Crippen molar-refractivity contribution in [3.05, 3.63) is 0 Å². The molecule has 2 atom stereocenters. The normalized spacial score (nSPS) is 17.4. The van der Waals surface area contributed by atoms with E-state index in [-0.39, 0.29) is 0 Å². The lowest BCUT2D eigenvalue weighted by Crippen LogP contribution is -2.13. The Balaban J connectivity index is 3.58. The van der Waals surface area contributed by atoms with Gasteiger partial charge in [-0.15, -0.1) is 0 Å². The molecule has 0 aromatic carbocycles. The molecule has 0 N–H and O–H groups in total. The van der Waals surface area contributed by atoms with Crippen LogP contribution in [0.4, 0.5) is 0 Å². The van der Waals surface area contributed by atoms with E-state index in [1.165, 1.54) is 12.8 Å². The molecule has 0 aromatic heterocycles. The Morgan fingerprint density at radius 1 is 1.00 bits per heavy atom. The fraction of sp³-hybridized carbons (Fsp3) is 1.00. The number of hydrogen-bond donors (Lipinski definition) is 0. The molecule has 0 heteroatoms. The summed E-state index contributed by atoms with van der Waals surface area (Å²) in [6.45, 7) is 11.6. The average molecular weight is 142 g/mol. The topological polar surface area (TPSA) is 0 Å². The lowest BCUT2D eigenvalue weighted by Gasteiger charge is -2.22. The quantitative estimate of drug-likeness (QED) is 0.561. The highest BCUT2D eigenvalue weighted by atomic mass is 14.2. The van der Waals surface area contributed by atoms with Crippen LogP contribution in [0.2, 0.25) is 0 Å². The third-order valence-corrected chi connectivity index (χ3v) is 2.69. The van der Waals surface area contributed by atoms with Crippen molar-refractivity contribution in [2.75, 3.05) is 0 Å². The van der Waals surface area contributed by atoms with Crippen LogP contribution in [0.5, 0.6) is 0 Å².